The number of anilines is 1. The Kier molecular flexibility index (Phi) is 3.53. The highest BCUT2D eigenvalue weighted by Gasteiger charge is 2.34. The second-order valence-electron chi connectivity index (χ2n) is 5.70. The van der Waals surface area contributed by atoms with Crippen LogP contribution in [0.25, 0.3) is 11.0 Å². The molecule has 2 aromatic heterocycles. The van der Waals surface area contributed by atoms with Gasteiger partial charge in [0.25, 0.3) is 0 Å². The summed E-state index contributed by atoms with van der Waals surface area (Å²) in [4.78, 5) is 10.1. The third-order valence-corrected chi connectivity index (χ3v) is 4.07. The van der Waals surface area contributed by atoms with Gasteiger partial charge in [0.2, 0.25) is 0 Å². The number of alkyl halides is 3. The van der Waals surface area contributed by atoms with E-state index in [1.165, 1.54) is 6.33 Å². The summed E-state index contributed by atoms with van der Waals surface area (Å²) in [6.07, 6.45) is -4.22. The normalized spacial score (nSPS) is 20.2. The lowest BCUT2D eigenvalue weighted by Crippen LogP contribution is -2.35. The van der Waals surface area contributed by atoms with Gasteiger partial charge in [0.1, 0.15) is 41.9 Å². The van der Waals surface area contributed by atoms with E-state index < -0.39 is 24.0 Å². The van der Waals surface area contributed by atoms with E-state index in [1.54, 1.807) is 24.3 Å². The first-order chi connectivity index (χ1) is 11.9. The van der Waals surface area contributed by atoms with Gasteiger partial charge in [-0.25, -0.2) is 9.97 Å². The number of halogens is 3. The molecular weight excluding hydrogens is 337 g/mol. The van der Waals surface area contributed by atoms with E-state index in [0.717, 1.165) is 6.07 Å². The molecule has 1 aromatic carbocycles. The molecule has 1 aliphatic heterocycles. The van der Waals surface area contributed by atoms with Crippen molar-refractivity contribution in [1.82, 2.24) is 15.0 Å². The molecule has 130 valence electrons. The summed E-state index contributed by atoms with van der Waals surface area (Å²) in [7, 11) is 0. The number of benzene rings is 1. The average Bonchev–Trinajstić information content (AvgIpc) is 3.03. The van der Waals surface area contributed by atoms with Crippen LogP contribution < -0.4 is 10.1 Å². The molecule has 9 heteroatoms. The third kappa shape index (κ3) is 2.76. The highest BCUT2D eigenvalue weighted by molar-refractivity contribution is 5.88. The highest BCUT2D eigenvalue weighted by atomic mass is 19.4. The van der Waals surface area contributed by atoms with Crippen LogP contribution in [0.5, 0.6) is 5.75 Å². The van der Waals surface area contributed by atoms with E-state index in [0.29, 0.717) is 11.3 Å². The van der Waals surface area contributed by atoms with Crippen molar-refractivity contribution < 1.29 is 23.0 Å². The maximum atomic E-state index is 12.9. The van der Waals surface area contributed by atoms with Gasteiger partial charge in [-0.05, 0) is 12.1 Å². The number of ether oxygens (including phenoxy) is 1. The molecule has 0 spiro atoms. The minimum atomic E-state index is -4.51. The van der Waals surface area contributed by atoms with Crippen LogP contribution in [0.1, 0.15) is 17.3 Å². The first-order valence-electron chi connectivity index (χ1n) is 7.51. The Morgan fingerprint density at radius 3 is 2.84 bits per heavy atom. The molecule has 3 aromatic rings. The average molecular weight is 350 g/mol. The molecule has 0 fully saturated rings. The number of aliphatic hydroxyl groups excluding tert-OH is 1. The Balaban J connectivity index is 1.75. The predicted molar refractivity (Wildman–Crippen MR) is 83.2 cm³/mol. The monoisotopic (exact) mass is 350 g/mol. The van der Waals surface area contributed by atoms with Gasteiger partial charge >= 0.3 is 6.18 Å². The van der Waals surface area contributed by atoms with E-state index in [-0.39, 0.29) is 23.5 Å². The van der Waals surface area contributed by atoms with Crippen LogP contribution in [0.3, 0.4) is 0 Å². The van der Waals surface area contributed by atoms with Crippen molar-refractivity contribution in [3.8, 4) is 5.75 Å². The molecule has 1 aliphatic rings. The quantitative estimate of drug-likeness (QED) is 0.662. The van der Waals surface area contributed by atoms with Gasteiger partial charge < -0.3 is 20.1 Å². The van der Waals surface area contributed by atoms with Gasteiger partial charge in [0.15, 0.2) is 0 Å². The number of hydrogen-bond donors (Lipinski definition) is 3. The maximum absolute atomic E-state index is 12.9. The minimum absolute atomic E-state index is 0.0691. The number of para-hydroxylation sites is 1. The lowest BCUT2D eigenvalue weighted by Gasteiger charge is -2.31. The zero-order chi connectivity index (χ0) is 17.6. The van der Waals surface area contributed by atoms with Gasteiger partial charge in [-0.15, -0.1) is 0 Å². The van der Waals surface area contributed by atoms with E-state index in [9.17, 15) is 18.3 Å². The SMILES string of the molecule is OC1COc2ccccc2C1Nc1ncnc2[nH]c(C(F)(F)F)cc12. The summed E-state index contributed by atoms with van der Waals surface area (Å²) in [6, 6.07) is 7.54. The number of aliphatic hydroxyl groups is 1. The summed E-state index contributed by atoms with van der Waals surface area (Å²) >= 11 is 0. The molecule has 2 atom stereocenters. The second kappa shape index (κ2) is 5.62. The third-order valence-electron chi connectivity index (χ3n) is 4.07. The standard InChI is InChI=1S/C16H13F3N4O2/c17-16(18,19)12-5-9-14(22-12)20-7-21-15(9)23-13-8-3-1-2-4-11(8)25-6-10(13)24/h1-5,7,10,13,24H,6H2,(H2,20,21,22,23). The van der Waals surface area contributed by atoms with Gasteiger partial charge in [-0.3, -0.25) is 0 Å². The lowest BCUT2D eigenvalue weighted by atomic mass is 9.98. The first kappa shape index (κ1) is 15.7. The van der Waals surface area contributed by atoms with Crippen molar-refractivity contribution in [2.45, 2.75) is 18.3 Å². The maximum Gasteiger partial charge on any atom is 0.431 e. The van der Waals surface area contributed by atoms with Crippen molar-refractivity contribution >= 4 is 16.9 Å². The molecule has 25 heavy (non-hydrogen) atoms. The molecule has 3 heterocycles. The number of rotatable bonds is 2. The summed E-state index contributed by atoms with van der Waals surface area (Å²) in [6.45, 7) is 0.0733. The van der Waals surface area contributed by atoms with Crippen molar-refractivity contribution in [3.63, 3.8) is 0 Å². The van der Waals surface area contributed by atoms with Crippen molar-refractivity contribution in [2.24, 2.45) is 0 Å². The Morgan fingerprint density at radius 2 is 2.04 bits per heavy atom. The van der Waals surface area contributed by atoms with Crippen LogP contribution in [0.15, 0.2) is 36.7 Å². The van der Waals surface area contributed by atoms with E-state index in [2.05, 4.69) is 20.3 Å². The van der Waals surface area contributed by atoms with Crippen LogP contribution in [-0.2, 0) is 6.18 Å². The summed E-state index contributed by atoms with van der Waals surface area (Å²) in [5.74, 6) is 0.818. The highest BCUT2D eigenvalue weighted by Crippen LogP contribution is 2.36. The first-order valence-corrected chi connectivity index (χ1v) is 7.51. The van der Waals surface area contributed by atoms with Crippen LogP contribution in [-0.4, -0.2) is 32.8 Å². The molecule has 2 unspecified atom stereocenters. The lowest BCUT2D eigenvalue weighted by molar-refractivity contribution is -0.140. The fourth-order valence-corrected chi connectivity index (χ4v) is 2.88. The molecule has 0 amide bonds. The minimum Gasteiger partial charge on any atom is -0.490 e. The van der Waals surface area contributed by atoms with Crippen LogP contribution in [0.2, 0.25) is 0 Å². The van der Waals surface area contributed by atoms with E-state index >= 15 is 0 Å². The number of aromatic amines is 1. The Bertz CT molecular complexity index is 925. The zero-order valence-electron chi connectivity index (χ0n) is 12.7. The number of fused-ring (bicyclic) bond motifs is 2. The number of hydrogen-bond acceptors (Lipinski definition) is 5. The molecule has 0 radical (unpaired) electrons. The second-order valence-corrected chi connectivity index (χ2v) is 5.70. The molecule has 4 rings (SSSR count). The molecule has 6 nitrogen and oxygen atoms in total. The summed E-state index contributed by atoms with van der Waals surface area (Å²) < 4.78 is 44.2. The topological polar surface area (TPSA) is 83.1 Å². The largest absolute Gasteiger partial charge is 0.490 e. The van der Waals surface area contributed by atoms with E-state index in [1.807, 2.05) is 0 Å². The molecule has 0 saturated carbocycles. The molecule has 0 bridgehead atoms. The number of aromatic nitrogens is 3. The summed E-state index contributed by atoms with van der Waals surface area (Å²) in [5.41, 5.74) is -0.127. The predicted octanol–water partition coefficient (Wildman–Crippen LogP) is 2.88. The van der Waals surface area contributed by atoms with Crippen molar-refractivity contribution in [3.05, 3.63) is 47.9 Å². The Morgan fingerprint density at radius 1 is 1.24 bits per heavy atom. The Hall–Kier alpha value is -2.81. The molecular formula is C16H13F3N4O2. The Labute approximate surface area is 139 Å². The van der Waals surface area contributed by atoms with Gasteiger partial charge in [0.05, 0.1) is 11.4 Å². The molecule has 0 aliphatic carbocycles. The van der Waals surface area contributed by atoms with Gasteiger partial charge in [0, 0.05) is 5.56 Å². The van der Waals surface area contributed by atoms with Gasteiger partial charge in [-0.2, -0.15) is 13.2 Å². The molecule has 0 saturated heterocycles. The van der Waals surface area contributed by atoms with E-state index in [4.69, 9.17) is 4.74 Å². The number of nitrogens with zero attached hydrogens (tertiary/aromatic N) is 2. The molecule has 3 N–H and O–H groups in total. The van der Waals surface area contributed by atoms with Crippen LogP contribution in [0, 0.1) is 0 Å². The smallest absolute Gasteiger partial charge is 0.431 e. The summed E-state index contributed by atoms with van der Waals surface area (Å²) in [5, 5.41) is 13.5. The fraction of sp³-hybridized carbons (Fsp3) is 0.250. The number of nitrogens with one attached hydrogen (secondary N) is 2. The van der Waals surface area contributed by atoms with Gasteiger partial charge in [-0.1, -0.05) is 18.2 Å². The van der Waals surface area contributed by atoms with Crippen LogP contribution >= 0.6 is 0 Å². The fourth-order valence-electron chi connectivity index (χ4n) is 2.88. The van der Waals surface area contributed by atoms with Crippen molar-refractivity contribution in [2.75, 3.05) is 11.9 Å². The zero-order valence-corrected chi connectivity index (χ0v) is 12.7. The van der Waals surface area contributed by atoms with Crippen LogP contribution in [0.4, 0.5) is 19.0 Å². The van der Waals surface area contributed by atoms with Crippen molar-refractivity contribution in [1.29, 1.82) is 0 Å². The number of H-pyrrole nitrogens is 1.